The highest BCUT2D eigenvalue weighted by atomic mass is 16.5. The molecule has 24 heavy (non-hydrogen) atoms. The maximum absolute atomic E-state index is 9.84. The molecule has 0 aliphatic rings. The van der Waals surface area contributed by atoms with Gasteiger partial charge in [-0.15, -0.1) is 0 Å². The Labute approximate surface area is 143 Å². The Morgan fingerprint density at radius 1 is 0.958 bits per heavy atom. The lowest BCUT2D eigenvalue weighted by Crippen LogP contribution is -1.91. The van der Waals surface area contributed by atoms with E-state index in [1.165, 1.54) is 18.2 Å². The first kappa shape index (κ1) is 19.0. The van der Waals surface area contributed by atoms with Crippen molar-refractivity contribution in [1.29, 1.82) is 0 Å². The van der Waals surface area contributed by atoms with Gasteiger partial charge in [-0.1, -0.05) is 72.8 Å². The molecule has 0 saturated carbocycles. The molecule has 0 saturated heterocycles. The first-order valence-electron chi connectivity index (χ1n) is 7.46. The van der Waals surface area contributed by atoms with E-state index >= 15 is 0 Å². The highest BCUT2D eigenvalue weighted by molar-refractivity contribution is 5.80. The van der Waals surface area contributed by atoms with Gasteiger partial charge in [-0.2, -0.15) is 0 Å². The number of hydrogen-bond donors (Lipinski definition) is 1. The normalized spacial score (nSPS) is 10.2. The van der Waals surface area contributed by atoms with E-state index < -0.39 is 5.97 Å². The molecule has 0 aliphatic carbocycles. The van der Waals surface area contributed by atoms with Crippen LogP contribution in [-0.4, -0.2) is 18.2 Å². The molecule has 0 unspecified atom stereocenters. The molecule has 0 spiro atoms. The molecule has 0 aliphatic heterocycles. The van der Waals surface area contributed by atoms with Crippen LogP contribution in [0.3, 0.4) is 0 Å². The third-order valence-corrected chi connectivity index (χ3v) is 3.03. The lowest BCUT2D eigenvalue weighted by Gasteiger charge is -1.94. The number of hydrogen-bond acceptors (Lipinski definition) is 3. The number of phenols is 1. The second kappa shape index (κ2) is 10.6. The molecular formula is C21H22O3. The number of aryl methyl sites for hydroxylation is 1. The van der Waals surface area contributed by atoms with Gasteiger partial charge in [0, 0.05) is 6.08 Å². The Kier molecular flexibility index (Phi) is 8.40. The van der Waals surface area contributed by atoms with Gasteiger partial charge in [-0.25, -0.2) is 4.79 Å². The van der Waals surface area contributed by atoms with Gasteiger partial charge in [0.25, 0.3) is 0 Å². The van der Waals surface area contributed by atoms with Gasteiger partial charge in [-0.05, 0) is 30.2 Å². The Bertz CT molecular complexity index is 639. The van der Waals surface area contributed by atoms with Crippen LogP contribution in [0.4, 0.5) is 0 Å². The van der Waals surface area contributed by atoms with Crippen LogP contribution in [0.5, 0.6) is 5.75 Å². The van der Waals surface area contributed by atoms with Crippen molar-refractivity contribution in [2.24, 2.45) is 0 Å². The molecule has 0 heterocycles. The highest BCUT2D eigenvalue weighted by Gasteiger charge is 1.87. The number of aromatic hydroxyl groups is 1. The molecule has 0 radical (unpaired) electrons. The molecule has 3 nitrogen and oxygen atoms in total. The summed E-state index contributed by atoms with van der Waals surface area (Å²) >= 11 is 0. The first-order valence-corrected chi connectivity index (χ1v) is 7.46. The van der Waals surface area contributed by atoms with Crippen molar-refractivity contribution in [2.45, 2.75) is 6.92 Å². The number of methoxy groups -OCH3 is 1. The third-order valence-electron chi connectivity index (χ3n) is 3.03. The van der Waals surface area contributed by atoms with Crippen LogP contribution in [-0.2, 0) is 9.53 Å². The fraction of sp³-hybridized carbons (Fsp3) is 0.0952. The number of allylic oxidation sites excluding steroid dienone is 2. The number of ether oxygens (including phenoxy) is 1. The highest BCUT2D eigenvalue weighted by Crippen LogP contribution is 2.11. The van der Waals surface area contributed by atoms with E-state index in [2.05, 4.69) is 48.6 Å². The molecule has 1 N–H and O–H groups in total. The smallest absolute Gasteiger partial charge is 0.329 e. The molecule has 124 valence electrons. The zero-order valence-electron chi connectivity index (χ0n) is 14.0. The predicted molar refractivity (Wildman–Crippen MR) is 99.6 cm³/mol. The number of rotatable bonds is 4. The second-order valence-corrected chi connectivity index (χ2v) is 4.95. The Morgan fingerprint density at radius 2 is 1.42 bits per heavy atom. The average molecular weight is 322 g/mol. The molecule has 3 heteroatoms. The van der Waals surface area contributed by atoms with Gasteiger partial charge in [0.2, 0.25) is 0 Å². The number of carbonyl (C=O) groups excluding carboxylic acids is 1. The van der Waals surface area contributed by atoms with E-state index in [1.807, 2.05) is 30.4 Å². The molecule has 2 rings (SSSR count). The molecule has 2 aromatic carbocycles. The Hall–Kier alpha value is -3.07. The van der Waals surface area contributed by atoms with Crippen LogP contribution in [0, 0.1) is 6.92 Å². The zero-order chi connectivity index (χ0) is 17.8. The summed E-state index contributed by atoms with van der Waals surface area (Å²) in [5.41, 5.74) is 3.53. The van der Waals surface area contributed by atoms with Crippen molar-refractivity contribution in [3.05, 3.63) is 90.0 Å². The van der Waals surface area contributed by atoms with E-state index in [9.17, 15) is 4.79 Å². The summed E-state index contributed by atoms with van der Waals surface area (Å²) in [5.74, 6) is -0.0997. The van der Waals surface area contributed by atoms with Gasteiger partial charge in [0.15, 0.2) is 0 Å². The number of benzene rings is 2. The van der Waals surface area contributed by atoms with Crippen LogP contribution in [0.25, 0.3) is 12.2 Å². The molecule has 2 aromatic rings. The molecule has 0 fully saturated rings. The molecular weight excluding hydrogens is 300 g/mol. The van der Waals surface area contributed by atoms with Gasteiger partial charge < -0.3 is 9.84 Å². The average Bonchev–Trinajstić information content (AvgIpc) is 2.61. The van der Waals surface area contributed by atoms with Gasteiger partial charge in [0.1, 0.15) is 5.75 Å². The number of carbonyl (C=O) groups is 1. The second-order valence-electron chi connectivity index (χ2n) is 4.95. The van der Waals surface area contributed by atoms with Crippen molar-refractivity contribution in [3.63, 3.8) is 0 Å². The van der Waals surface area contributed by atoms with Crippen LogP contribution in [0.1, 0.15) is 16.7 Å². The summed E-state index contributed by atoms with van der Waals surface area (Å²) in [6.45, 7) is 5.24. The quantitative estimate of drug-likeness (QED) is 0.501. The summed E-state index contributed by atoms with van der Waals surface area (Å²) < 4.78 is 4.14. The monoisotopic (exact) mass is 322 g/mol. The van der Waals surface area contributed by atoms with Crippen molar-refractivity contribution in [3.8, 4) is 5.75 Å². The Morgan fingerprint density at radius 3 is 1.79 bits per heavy atom. The topological polar surface area (TPSA) is 46.5 Å². The summed E-state index contributed by atoms with van der Waals surface area (Å²) in [6.07, 6.45) is 9.18. The van der Waals surface area contributed by atoms with Crippen molar-refractivity contribution in [1.82, 2.24) is 0 Å². The van der Waals surface area contributed by atoms with Crippen LogP contribution in [0.2, 0.25) is 0 Å². The van der Waals surface area contributed by atoms with E-state index in [0.717, 1.165) is 11.6 Å². The van der Waals surface area contributed by atoms with Crippen molar-refractivity contribution >= 4 is 18.1 Å². The van der Waals surface area contributed by atoms with Gasteiger partial charge in [0.05, 0.1) is 7.11 Å². The fourth-order valence-electron chi connectivity index (χ4n) is 1.68. The standard InChI is InChI=1S/C17H16O.C4H6O2/c1-14-6-8-15(9-7-14)4-2-3-5-16-10-12-17(18)13-11-16;1-3-4(5)6-2/h2-13,18H,1H3;3H,1H2,2H3. The summed E-state index contributed by atoms with van der Waals surface area (Å²) in [5, 5.41) is 9.16. The SMILES string of the molecule is C=CC(=O)OC.Cc1ccc(C=CC=Cc2ccc(O)cc2)cc1. The van der Waals surface area contributed by atoms with Crippen LogP contribution in [0.15, 0.2) is 73.3 Å². The molecule has 0 atom stereocenters. The van der Waals surface area contributed by atoms with Crippen molar-refractivity contribution in [2.75, 3.05) is 7.11 Å². The largest absolute Gasteiger partial charge is 0.508 e. The zero-order valence-corrected chi connectivity index (χ0v) is 14.0. The number of esters is 1. The lowest BCUT2D eigenvalue weighted by molar-refractivity contribution is -0.134. The minimum absolute atomic E-state index is 0.294. The van der Waals surface area contributed by atoms with E-state index in [0.29, 0.717) is 5.75 Å². The summed E-state index contributed by atoms with van der Waals surface area (Å²) in [6, 6.07) is 15.5. The van der Waals surface area contributed by atoms with Crippen LogP contribution < -0.4 is 0 Å². The van der Waals surface area contributed by atoms with Crippen LogP contribution >= 0.6 is 0 Å². The molecule has 0 bridgehead atoms. The van der Waals surface area contributed by atoms with Gasteiger partial charge in [-0.3, -0.25) is 0 Å². The maximum Gasteiger partial charge on any atom is 0.329 e. The van der Waals surface area contributed by atoms with Gasteiger partial charge >= 0.3 is 5.97 Å². The summed E-state index contributed by atoms with van der Waals surface area (Å²) in [4.78, 5) is 9.84. The molecule has 0 amide bonds. The minimum Gasteiger partial charge on any atom is -0.508 e. The van der Waals surface area contributed by atoms with Crippen molar-refractivity contribution < 1.29 is 14.6 Å². The van der Waals surface area contributed by atoms with E-state index in [1.54, 1.807) is 12.1 Å². The summed E-state index contributed by atoms with van der Waals surface area (Å²) in [7, 11) is 1.31. The minimum atomic E-state index is -0.394. The lowest BCUT2D eigenvalue weighted by atomic mass is 10.1. The van der Waals surface area contributed by atoms with E-state index in [4.69, 9.17) is 5.11 Å². The Balaban J connectivity index is 0.000000413. The fourth-order valence-corrected chi connectivity index (χ4v) is 1.68. The first-order chi connectivity index (χ1) is 11.5. The maximum atomic E-state index is 9.84. The number of phenolic OH excluding ortho intramolecular Hbond substituents is 1. The predicted octanol–water partition coefficient (Wildman–Crippen LogP) is 4.77. The molecule has 0 aromatic heterocycles. The third kappa shape index (κ3) is 7.80. The van der Waals surface area contributed by atoms with E-state index in [-0.39, 0.29) is 0 Å².